The van der Waals surface area contributed by atoms with Crippen molar-refractivity contribution in [1.29, 1.82) is 0 Å². The molecule has 0 radical (unpaired) electrons. The molecule has 0 saturated heterocycles. The second kappa shape index (κ2) is 5.33. The SMILES string of the molecule is Clc1ccc(-c2sccc2Br)cc1CNC1CC1. The standard InChI is InChI=1S/C14H13BrClNS/c15-12-5-6-18-14(12)9-1-4-13(16)10(7-9)8-17-11-2-3-11/h1,4-7,11,17H,2-3,8H2. The molecule has 1 aromatic carbocycles. The van der Waals surface area contributed by atoms with Gasteiger partial charge in [-0.05, 0) is 63.5 Å². The van der Waals surface area contributed by atoms with Crippen molar-refractivity contribution < 1.29 is 0 Å². The molecular formula is C14H13BrClNS. The van der Waals surface area contributed by atoms with Gasteiger partial charge in [-0.15, -0.1) is 11.3 Å². The molecule has 4 heteroatoms. The summed E-state index contributed by atoms with van der Waals surface area (Å²) >= 11 is 11.6. The van der Waals surface area contributed by atoms with Gasteiger partial charge in [-0.1, -0.05) is 17.7 Å². The van der Waals surface area contributed by atoms with E-state index in [1.165, 1.54) is 28.8 Å². The van der Waals surface area contributed by atoms with E-state index in [1.807, 2.05) is 6.07 Å². The van der Waals surface area contributed by atoms with Gasteiger partial charge in [-0.3, -0.25) is 0 Å². The van der Waals surface area contributed by atoms with E-state index in [-0.39, 0.29) is 0 Å². The van der Waals surface area contributed by atoms with Crippen molar-refractivity contribution in [3.63, 3.8) is 0 Å². The summed E-state index contributed by atoms with van der Waals surface area (Å²) in [6, 6.07) is 9.05. The average molecular weight is 343 g/mol. The lowest BCUT2D eigenvalue weighted by molar-refractivity contribution is 0.688. The molecule has 1 saturated carbocycles. The maximum absolute atomic E-state index is 6.25. The van der Waals surface area contributed by atoms with E-state index in [0.717, 1.165) is 16.0 Å². The summed E-state index contributed by atoms with van der Waals surface area (Å²) in [5.41, 5.74) is 2.41. The molecule has 1 heterocycles. The molecule has 94 valence electrons. The Bertz CT molecular complexity index is 563. The van der Waals surface area contributed by atoms with E-state index in [0.29, 0.717) is 6.04 Å². The van der Waals surface area contributed by atoms with Crippen molar-refractivity contribution in [2.24, 2.45) is 0 Å². The minimum Gasteiger partial charge on any atom is -0.310 e. The molecule has 0 bridgehead atoms. The summed E-state index contributed by atoms with van der Waals surface area (Å²) in [4.78, 5) is 1.26. The van der Waals surface area contributed by atoms with Crippen LogP contribution in [0.25, 0.3) is 10.4 Å². The van der Waals surface area contributed by atoms with E-state index in [9.17, 15) is 0 Å². The Morgan fingerprint density at radius 3 is 2.83 bits per heavy atom. The summed E-state index contributed by atoms with van der Waals surface area (Å²) in [6.07, 6.45) is 2.60. The van der Waals surface area contributed by atoms with Crippen LogP contribution in [0.3, 0.4) is 0 Å². The molecule has 3 rings (SSSR count). The van der Waals surface area contributed by atoms with Gasteiger partial charge in [0.25, 0.3) is 0 Å². The summed E-state index contributed by atoms with van der Waals surface area (Å²) in [7, 11) is 0. The monoisotopic (exact) mass is 341 g/mol. The van der Waals surface area contributed by atoms with Gasteiger partial charge in [0.2, 0.25) is 0 Å². The lowest BCUT2D eigenvalue weighted by Crippen LogP contribution is -2.15. The summed E-state index contributed by atoms with van der Waals surface area (Å²) < 4.78 is 1.15. The predicted molar refractivity (Wildman–Crippen MR) is 82.3 cm³/mol. The summed E-state index contributed by atoms with van der Waals surface area (Å²) in [6.45, 7) is 0.861. The molecule has 2 aromatic rings. The van der Waals surface area contributed by atoms with Crippen LogP contribution in [0.15, 0.2) is 34.1 Å². The number of nitrogens with one attached hydrogen (secondary N) is 1. The van der Waals surface area contributed by atoms with Crippen molar-refractivity contribution in [1.82, 2.24) is 5.32 Å². The molecular weight excluding hydrogens is 330 g/mol. The van der Waals surface area contributed by atoms with E-state index >= 15 is 0 Å². The molecule has 1 nitrogen and oxygen atoms in total. The number of halogens is 2. The van der Waals surface area contributed by atoms with E-state index in [1.54, 1.807) is 11.3 Å². The molecule has 1 aromatic heterocycles. The van der Waals surface area contributed by atoms with Crippen LogP contribution < -0.4 is 5.32 Å². The van der Waals surface area contributed by atoms with Gasteiger partial charge < -0.3 is 5.32 Å². The highest BCUT2D eigenvalue weighted by Gasteiger charge is 2.20. The highest BCUT2D eigenvalue weighted by atomic mass is 79.9. The van der Waals surface area contributed by atoms with Crippen LogP contribution in [0.4, 0.5) is 0 Å². The van der Waals surface area contributed by atoms with Crippen LogP contribution in [0.2, 0.25) is 5.02 Å². The van der Waals surface area contributed by atoms with Gasteiger partial charge in [0.1, 0.15) is 0 Å². The highest BCUT2D eigenvalue weighted by molar-refractivity contribution is 9.10. The predicted octanol–water partition coefficient (Wildman–Crippen LogP) is 5.08. The molecule has 0 aliphatic heterocycles. The van der Waals surface area contributed by atoms with Crippen LogP contribution in [0.1, 0.15) is 18.4 Å². The molecule has 1 aliphatic rings. The number of thiophene rings is 1. The Balaban J connectivity index is 1.87. The number of hydrogen-bond donors (Lipinski definition) is 1. The highest BCUT2D eigenvalue weighted by Crippen LogP contribution is 2.35. The maximum Gasteiger partial charge on any atom is 0.0484 e. The normalized spacial score (nSPS) is 15.0. The van der Waals surface area contributed by atoms with Gasteiger partial charge >= 0.3 is 0 Å². The van der Waals surface area contributed by atoms with E-state index < -0.39 is 0 Å². The van der Waals surface area contributed by atoms with Crippen molar-refractivity contribution in [3.8, 4) is 10.4 Å². The number of hydrogen-bond acceptors (Lipinski definition) is 2. The molecule has 18 heavy (non-hydrogen) atoms. The zero-order chi connectivity index (χ0) is 12.5. The third-order valence-electron chi connectivity index (χ3n) is 3.08. The second-order valence-corrected chi connectivity index (χ2v) is 6.74. The first-order valence-electron chi connectivity index (χ1n) is 5.99. The third kappa shape index (κ3) is 2.80. The second-order valence-electron chi connectivity index (χ2n) is 4.56. The van der Waals surface area contributed by atoms with E-state index in [4.69, 9.17) is 11.6 Å². The Morgan fingerprint density at radius 2 is 2.17 bits per heavy atom. The molecule has 0 spiro atoms. The van der Waals surface area contributed by atoms with Gasteiger partial charge in [0, 0.05) is 27.0 Å². The van der Waals surface area contributed by atoms with Gasteiger partial charge in [0.15, 0.2) is 0 Å². The first-order chi connectivity index (χ1) is 8.74. The zero-order valence-corrected chi connectivity index (χ0v) is 12.9. The zero-order valence-electron chi connectivity index (χ0n) is 9.75. The number of benzene rings is 1. The van der Waals surface area contributed by atoms with Crippen LogP contribution in [0, 0.1) is 0 Å². The topological polar surface area (TPSA) is 12.0 Å². The fourth-order valence-corrected chi connectivity index (χ4v) is 3.68. The van der Waals surface area contributed by atoms with Crippen molar-refractivity contribution in [2.45, 2.75) is 25.4 Å². The largest absolute Gasteiger partial charge is 0.310 e. The van der Waals surface area contributed by atoms with Gasteiger partial charge in [-0.25, -0.2) is 0 Å². The molecule has 0 unspecified atom stereocenters. The Labute approximate surface area is 124 Å². The average Bonchev–Trinajstić information content (AvgIpc) is 3.10. The summed E-state index contributed by atoms with van der Waals surface area (Å²) in [5.74, 6) is 0. The molecule has 0 atom stereocenters. The molecule has 1 N–H and O–H groups in total. The minimum atomic E-state index is 0.707. The first-order valence-corrected chi connectivity index (χ1v) is 8.04. The van der Waals surface area contributed by atoms with Crippen LogP contribution in [0.5, 0.6) is 0 Å². The lowest BCUT2D eigenvalue weighted by Gasteiger charge is -2.08. The van der Waals surface area contributed by atoms with Crippen LogP contribution in [-0.4, -0.2) is 6.04 Å². The fraction of sp³-hybridized carbons (Fsp3) is 0.286. The van der Waals surface area contributed by atoms with Crippen LogP contribution in [-0.2, 0) is 6.54 Å². The Kier molecular flexibility index (Phi) is 3.76. The van der Waals surface area contributed by atoms with Crippen molar-refractivity contribution in [2.75, 3.05) is 0 Å². The molecule has 0 amide bonds. The van der Waals surface area contributed by atoms with Gasteiger partial charge in [-0.2, -0.15) is 0 Å². The van der Waals surface area contributed by atoms with Crippen LogP contribution >= 0.6 is 38.9 Å². The van der Waals surface area contributed by atoms with E-state index in [2.05, 4.69) is 44.8 Å². The Hall–Kier alpha value is -0.350. The smallest absolute Gasteiger partial charge is 0.0484 e. The molecule has 1 aliphatic carbocycles. The quantitative estimate of drug-likeness (QED) is 0.816. The molecule has 1 fully saturated rings. The first kappa shape index (κ1) is 12.7. The maximum atomic E-state index is 6.25. The summed E-state index contributed by atoms with van der Waals surface area (Å²) in [5, 5.41) is 6.45. The minimum absolute atomic E-state index is 0.707. The fourth-order valence-electron chi connectivity index (χ4n) is 1.89. The van der Waals surface area contributed by atoms with Crippen molar-refractivity contribution in [3.05, 3.63) is 44.7 Å². The van der Waals surface area contributed by atoms with Crippen molar-refractivity contribution >= 4 is 38.9 Å². The Morgan fingerprint density at radius 1 is 1.33 bits per heavy atom. The third-order valence-corrected chi connectivity index (χ3v) is 5.34. The van der Waals surface area contributed by atoms with Gasteiger partial charge in [0.05, 0.1) is 0 Å². The number of rotatable bonds is 4. The lowest BCUT2D eigenvalue weighted by atomic mass is 10.1.